The van der Waals surface area contributed by atoms with Gasteiger partial charge in [0.2, 0.25) is 0 Å². The molecule has 2 aromatic heterocycles. The molecule has 0 fully saturated rings. The summed E-state index contributed by atoms with van der Waals surface area (Å²) in [5, 5.41) is 9.64. The highest BCUT2D eigenvalue weighted by atomic mass is 16.5. The van der Waals surface area contributed by atoms with Gasteiger partial charge in [0.15, 0.2) is 11.3 Å². The molecule has 0 radical (unpaired) electrons. The largest absolute Gasteiger partial charge is 0.495 e. The summed E-state index contributed by atoms with van der Waals surface area (Å²) in [5.41, 5.74) is 1.07. The summed E-state index contributed by atoms with van der Waals surface area (Å²) in [4.78, 5) is 31.9. The van der Waals surface area contributed by atoms with E-state index in [9.17, 15) is 14.7 Å². The zero-order valence-electron chi connectivity index (χ0n) is 19.3. The number of nitrogens with one attached hydrogen (secondary N) is 1. The van der Waals surface area contributed by atoms with E-state index in [1.807, 2.05) is 6.07 Å². The SMILES string of the molecule is COCCCOc1cc2c(nc1OC)-c1[nH]c(=O)c(C(=O)O)c(OC)c1C(C(C)(C)C)C2. The third kappa shape index (κ3) is 4.29. The Hall–Kier alpha value is -3.07. The quantitative estimate of drug-likeness (QED) is 0.593. The van der Waals surface area contributed by atoms with Crippen LogP contribution in [0.2, 0.25) is 0 Å². The van der Waals surface area contributed by atoms with E-state index in [0.29, 0.717) is 48.8 Å². The van der Waals surface area contributed by atoms with Gasteiger partial charge in [-0.15, -0.1) is 0 Å². The third-order valence-corrected chi connectivity index (χ3v) is 5.66. The van der Waals surface area contributed by atoms with Crippen LogP contribution >= 0.6 is 0 Å². The fraction of sp³-hybridized carbons (Fsp3) is 0.522. The van der Waals surface area contributed by atoms with Crippen LogP contribution in [0.15, 0.2) is 10.9 Å². The van der Waals surface area contributed by atoms with Crippen molar-refractivity contribution in [3.8, 4) is 28.8 Å². The van der Waals surface area contributed by atoms with Gasteiger partial charge in [-0.05, 0) is 29.4 Å². The number of carbonyl (C=O) groups is 1. The minimum Gasteiger partial charge on any atom is -0.495 e. The van der Waals surface area contributed by atoms with Crippen LogP contribution in [0.25, 0.3) is 11.4 Å². The molecule has 0 saturated carbocycles. The second-order valence-electron chi connectivity index (χ2n) is 8.78. The molecule has 1 atom stereocenters. The lowest BCUT2D eigenvalue weighted by molar-refractivity contribution is 0.0690. The number of methoxy groups -OCH3 is 3. The average Bonchev–Trinajstić information content (AvgIpc) is 2.73. The fourth-order valence-corrected chi connectivity index (χ4v) is 4.11. The van der Waals surface area contributed by atoms with Crippen LogP contribution in [0.3, 0.4) is 0 Å². The van der Waals surface area contributed by atoms with Crippen molar-refractivity contribution < 1.29 is 28.8 Å². The lowest BCUT2D eigenvalue weighted by Gasteiger charge is -2.37. The van der Waals surface area contributed by atoms with Crippen LogP contribution in [-0.4, -0.2) is 55.6 Å². The Morgan fingerprint density at radius 1 is 1.22 bits per heavy atom. The predicted octanol–water partition coefficient (Wildman–Crippen LogP) is 3.25. The van der Waals surface area contributed by atoms with E-state index in [0.717, 1.165) is 5.56 Å². The fourth-order valence-electron chi connectivity index (χ4n) is 4.11. The molecule has 1 unspecified atom stereocenters. The number of H-pyrrole nitrogens is 1. The molecule has 2 N–H and O–H groups in total. The first-order chi connectivity index (χ1) is 15.1. The number of hydrogen-bond acceptors (Lipinski definition) is 7. The molecule has 0 saturated heterocycles. The smallest absolute Gasteiger partial charge is 0.345 e. The van der Waals surface area contributed by atoms with Crippen LogP contribution in [0.4, 0.5) is 0 Å². The Morgan fingerprint density at radius 3 is 2.50 bits per heavy atom. The standard InChI is InChI=1S/C23H30N2O7/c1-23(2,3)13-10-12-11-14(32-9-7-8-29-4)21(31-6)25-17(12)18-15(13)19(30-5)16(22(27)28)20(26)24-18/h11,13H,7-10H2,1-6H3,(H,24,26)(H,27,28). The van der Waals surface area contributed by atoms with Crippen LogP contribution in [0.1, 0.15) is 54.6 Å². The van der Waals surface area contributed by atoms with E-state index in [4.69, 9.17) is 18.9 Å². The number of rotatable bonds is 8. The van der Waals surface area contributed by atoms with Gasteiger partial charge in [-0.3, -0.25) is 4.79 Å². The van der Waals surface area contributed by atoms with Gasteiger partial charge in [-0.2, -0.15) is 0 Å². The topological polar surface area (TPSA) is 120 Å². The maximum atomic E-state index is 12.7. The molecule has 9 nitrogen and oxygen atoms in total. The van der Waals surface area contributed by atoms with Crippen molar-refractivity contribution >= 4 is 5.97 Å². The van der Waals surface area contributed by atoms with Crippen molar-refractivity contribution in [1.29, 1.82) is 0 Å². The van der Waals surface area contributed by atoms with Crippen molar-refractivity contribution in [2.45, 2.75) is 39.5 Å². The minimum atomic E-state index is -1.34. The number of fused-ring (bicyclic) bond motifs is 3. The Labute approximate surface area is 186 Å². The normalized spacial score (nSPS) is 15.0. The molecule has 1 aliphatic carbocycles. The van der Waals surface area contributed by atoms with Gasteiger partial charge in [-0.25, -0.2) is 9.78 Å². The molecule has 3 rings (SSSR count). The molecule has 32 heavy (non-hydrogen) atoms. The molecule has 174 valence electrons. The number of aromatic amines is 1. The highest BCUT2D eigenvalue weighted by Gasteiger charge is 2.39. The zero-order valence-corrected chi connectivity index (χ0v) is 19.3. The Kier molecular flexibility index (Phi) is 6.78. The van der Waals surface area contributed by atoms with E-state index >= 15 is 0 Å². The van der Waals surface area contributed by atoms with Gasteiger partial charge in [0.1, 0.15) is 5.75 Å². The van der Waals surface area contributed by atoms with Crippen LogP contribution in [0.5, 0.6) is 17.4 Å². The summed E-state index contributed by atoms with van der Waals surface area (Å²) in [6, 6.07) is 1.88. The van der Waals surface area contributed by atoms with Gasteiger partial charge >= 0.3 is 5.97 Å². The summed E-state index contributed by atoms with van der Waals surface area (Å²) >= 11 is 0. The highest BCUT2D eigenvalue weighted by molar-refractivity contribution is 5.92. The van der Waals surface area contributed by atoms with Crippen molar-refractivity contribution in [1.82, 2.24) is 9.97 Å². The molecule has 1 aliphatic rings. The molecule has 0 aromatic carbocycles. The minimum absolute atomic E-state index is 0.0717. The monoisotopic (exact) mass is 446 g/mol. The van der Waals surface area contributed by atoms with Crippen LogP contribution in [-0.2, 0) is 11.2 Å². The van der Waals surface area contributed by atoms with E-state index in [2.05, 4.69) is 30.7 Å². The van der Waals surface area contributed by atoms with Gasteiger partial charge in [-0.1, -0.05) is 20.8 Å². The summed E-state index contributed by atoms with van der Waals surface area (Å²) < 4.78 is 21.9. The summed E-state index contributed by atoms with van der Waals surface area (Å²) in [7, 11) is 4.51. The zero-order chi connectivity index (χ0) is 23.6. The van der Waals surface area contributed by atoms with E-state index < -0.39 is 17.1 Å². The van der Waals surface area contributed by atoms with Crippen molar-refractivity contribution in [3.63, 3.8) is 0 Å². The number of hydrogen-bond donors (Lipinski definition) is 2. The molecule has 9 heteroatoms. The molecule has 0 spiro atoms. The van der Waals surface area contributed by atoms with Crippen molar-refractivity contribution in [3.05, 3.63) is 33.1 Å². The Balaban J connectivity index is 2.24. The van der Waals surface area contributed by atoms with Gasteiger partial charge < -0.3 is 29.0 Å². The maximum Gasteiger partial charge on any atom is 0.345 e. The lowest BCUT2D eigenvalue weighted by atomic mass is 9.69. The first-order valence-corrected chi connectivity index (χ1v) is 10.4. The number of aromatic carboxylic acids is 1. The van der Waals surface area contributed by atoms with Crippen LogP contribution < -0.4 is 19.8 Å². The van der Waals surface area contributed by atoms with Gasteiger partial charge in [0, 0.05) is 25.7 Å². The van der Waals surface area contributed by atoms with Crippen LogP contribution in [0, 0.1) is 5.41 Å². The lowest BCUT2D eigenvalue weighted by Crippen LogP contribution is -2.30. The molecular weight excluding hydrogens is 416 g/mol. The first kappa shape index (κ1) is 23.6. The second kappa shape index (κ2) is 9.20. The average molecular weight is 447 g/mol. The van der Waals surface area contributed by atoms with Gasteiger partial charge in [0.25, 0.3) is 11.4 Å². The Morgan fingerprint density at radius 2 is 1.94 bits per heavy atom. The third-order valence-electron chi connectivity index (χ3n) is 5.66. The predicted molar refractivity (Wildman–Crippen MR) is 118 cm³/mol. The number of aromatic nitrogens is 2. The number of pyridine rings is 2. The summed E-state index contributed by atoms with van der Waals surface area (Å²) in [6.45, 7) is 7.22. The number of ether oxygens (including phenoxy) is 4. The molecular formula is C23H30N2O7. The van der Waals surface area contributed by atoms with E-state index in [1.165, 1.54) is 14.2 Å². The maximum absolute atomic E-state index is 12.7. The number of carboxylic acids is 1. The Bertz CT molecular complexity index is 1070. The first-order valence-electron chi connectivity index (χ1n) is 10.4. The highest BCUT2D eigenvalue weighted by Crippen LogP contribution is 2.51. The van der Waals surface area contributed by atoms with E-state index in [-0.39, 0.29) is 23.0 Å². The molecule has 2 heterocycles. The molecule has 0 aliphatic heterocycles. The number of nitrogens with zero attached hydrogens (tertiary/aromatic N) is 1. The molecule has 0 amide bonds. The van der Waals surface area contributed by atoms with Crippen molar-refractivity contribution in [2.24, 2.45) is 5.41 Å². The summed E-state index contributed by atoms with van der Waals surface area (Å²) in [6.07, 6.45) is 1.28. The molecule has 2 aromatic rings. The van der Waals surface area contributed by atoms with Crippen molar-refractivity contribution in [2.75, 3.05) is 34.5 Å². The number of carboxylic acid groups (broad SMARTS) is 1. The molecule has 0 bridgehead atoms. The second-order valence-corrected chi connectivity index (χ2v) is 8.78. The van der Waals surface area contributed by atoms with Gasteiger partial charge in [0.05, 0.1) is 32.2 Å². The van der Waals surface area contributed by atoms with E-state index in [1.54, 1.807) is 7.11 Å². The summed E-state index contributed by atoms with van der Waals surface area (Å²) in [5.74, 6) is -0.609.